The van der Waals surface area contributed by atoms with Gasteiger partial charge in [0, 0.05) is 17.3 Å². The number of nitrogens with one attached hydrogen (secondary N) is 2. The normalized spacial score (nSPS) is 11.7. The molecule has 2 N–H and O–H groups in total. The molecule has 0 fully saturated rings. The molecule has 1 atom stereocenters. The smallest absolute Gasteiger partial charge is 0.253 e. The zero-order chi connectivity index (χ0) is 22.4. The maximum atomic E-state index is 12.5. The minimum Gasteiger partial charge on any atom is -0.342 e. The van der Waals surface area contributed by atoms with Crippen molar-refractivity contribution in [3.8, 4) is 0 Å². The van der Waals surface area contributed by atoms with Gasteiger partial charge in [-0.05, 0) is 50.2 Å². The summed E-state index contributed by atoms with van der Waals surface area (Å²) in [7, 11) is 0. The molecule has 2 aromatic carbocycles. The van der Waals surface area contributed by atoms with E-state index in [4.69, 9.17) is 23.2 Å². The summed E-state index contributed by atoms with van der Waals surface area (Å²) in [6.07, 6.45) is 0. The molecule has 31 heavy (non-hydrogen) atoms. The lowest BCUT2D eigenvalue weighted by atomic mass is 10.2. The van der Waals surface area contributed by atoms with Crippen LogP contribution in [0.15, 0.2) is 53.7 Å². The Morgan fingerprint density at radius 1 is 1.10 bits per heavy atom. The number of halogens is 2. The highest BCUT2D eigenvalue weighted by Gasteiger charge is 2.21. The van der Waals surface area contributed by atoms with E-state index in [1.165, 1.54) is 11.8 Å². The molecular weight excluding hydrogens is 457 g/mol. The van der Waals surface area contributed by atoms with Crippen LogP contribution >= 0.6 is 35.0 Å². The molecule has 3 aromatic rings. The quantitative estimate of drug-likeness (QED) is 0.453. The summed E-state index contributed by atoms with van der Waals surface area (Å²) in [4.78, 5) is 24.8. The highest BCUT2D eigenvalue weighted by Crippen LogP contribution is 2.22. The van der Waals surface area contributed by atoms with Crippen LogP contribution in [-0.4, -0.2) is 32.3 Å². The average Bonchev–Trinajstić information content (AvgIpc) is 3.17. The van der Waals surface area contributed by atoms with Crippen molar-refractivity contribution in [3.63, 3.8) is 0 Å². The number of amides is 2. The molecule has 3 rings (SSSR count). The molecule has 0 bridgehead atoms. The first-order valence-electron chi connectivity index (χ1n) is 9.55. The Morgan fingerprint density at radius 3 is 2.48 bits per heavy atom. The van der Waals surface area contributed by atoms with Crippen LogP contribution in [0.2, 0.25) is 10.0 Å². The minimum atomic E-state index is -0.395. The van der Waals surface area contributed by atoms with Gasteiger partial charge in [-0.1, -0.05) is 47.1 Å². The highest BCUT2D eigenvalue weighted by atomic mass is 35.5. The third-order valence-electron chi connectivity index (χ3n) is 4.38. The number of carbonyl (C=O) groups is 2. The lowest BCUT2D eigenvalue weighted by Crippen LogP contribution is -2.29. The molecule has 0 saturated carbocycles. The predicted molar refractivity (Wildman–Crippen MR) is 124 cm³/mol. The number of anilines is 1. The van der Waals surface area contributed by atoms with Crippen molar-refractivity contribution in [2.75, 3.05) is 11.1 Å². The zero-order valence-electron chi connectivity index (χ0n) is 16.9. The van der Waals surface area contributed by atoms with Crippen LogP contribution in [0.25, 0.3) is 0 Å². The monoisotopic (exact) mass is 477 g/mol. The number of carbonyl (C=O) groups excluding carboxylic acids is 2. The molecule has 0 aliphatic rings. The van der Waals surface area contributed by atoms with Gasteiger partial charge in [0.2, 0.25) is 5.91 Å². The van der Waals surface area contributed by atoms with Crippen LogP contribution < -0.4 is 10.6 Å². The van der Waals surface area contributed by atoms with Crippen LogP contribution in [0.1, 0.15) is 36.1 Å². The van der Waals surface area contributed by atoms with Crippen molar-refractivity contribution < 1.29 is 9.59 Å². The first kappa shape index (κ1) is 23.1. The van der Waals surface area contributed by atoms with E-state index in [2.05, 4.69) is 20.8 Å². The average molecular weight is 478 g/mol. The molecule has 162 valence electrons. The largest absolute Gasteiger partial charge is 0.342 e. The number of thioether (sulfide) groups is 1. The Kier molecular flexibility index (Phi) is 7.95. The highest BCUT2D eigenvalue weighted by molar-refractivity contribution is 7.99. The fraction of sp³-hybridized carbons (Fsp3) is 0.238. The Hall–Kier alpha value is -2.55. The number of hydrogen-bond acceptors (Lipinski definition) is 5. The molecule has 0 aliphatic heterocycles. The Bertz CT molecular complexity index is 1070. The van der Waals surface area contributed by atoms with Crippen molar-refractivity contribution in [1.82, 2.24) is 20.1 Å². The topological polar surface area (TPSA) is 88.9 Å². The lowest BCUT2D eigenvalue weighted by molar-refractivity contribution is -0.113. The van der Waals surface area contributed by atoms with Gasteiger partial charge in [-0.25, -0.2) is 0 Å². The van der Waals surface area contributed by atoms with E-state index in [1.54, 1.807) is 48.5 Å². The number of aromatic nitrogens is 3. The standard InChI is InChI=1S/C21H21Cl2N5O2S/c1-3-28-19(13(2)24-20(30)16-6-4-5-7-17(16)23)26-27-21(28)31-12-18(29)25-15-10-8-14(22)9-11-15/h4-11,13H,3,12H2,1-2H3,(H,24,30)(H,25,29)/t13-/m0/s1. The van der Waals surface area contributed by atoms with Gasteiger partial charge in [0.05, 0.1) is 22.4 Å². The second-order valence-corrected chi connectivity index (χ2v) is 8.39. The summed E-state index contributed by atoms with van der Waals surface area (Å²) in [5.41, 5.74) is 1.07. The minimum absolute atomic E-state index is 0.167. The molecule has 0 spiro atoms. The second kappa shape index (κ2) is 10.7. The van der Waals surface area contributed by atoms with Gasteiger partial charge >= 0.3 is 0 Å². The van der Waals surface area contributed by atoms with Crippen molar-refractivity contribution in [1.29, 1.82) is 0 Å². The van der Waals surface area contributed by atoms with E-state index >= 15 is 0 Å². The third kappa shape index (κ3) is 6.00. The Labute approximate surface area is 194 Å². The van der Waals surface area contributed by atoms with Gasteiger partial charge in [-0.3, -0.25) is 9.59 Å². The van der Waals surface area contributed by atoms with E-state index in [-0.39, 0.29) is 17.6 Å². The fourth-order valence-electron chi connectivity index (χ4n) is 2.87. The van der Waals surface area contributed by atoms with E-state index in [0.29, 0.717) is 38.8 Å². The third-order valence-corrected chi connectivity index (χ3v) is 5.92. The molecule has 1 heterocycles. The SMILES string of the molecule is CCn1c(SCC(=O)Nc2ccc(Cl)cc2)nnc1[C@H](C)NC(=O)c1ccccc1Cl. The maximum Gasteiger partial charge on any atom is 0.253 e. The molecule has 0 unspecified atom stereocenters. The second-order valence-electron chi connectivity index (χ2n) is 6.60. The molecule has 10 heteroatoms. The Morgan fingerprint density at radius 2 is 1.81 bits per heavy atom. The number of nitrogens with zero attached hydrogens (tertiary/aromatic N) is 3. The maximum absolute atomic E-state index is 12.5. The van der Waals surface area contributed by atoms with Crippen LogP contribution in [0, 0.1) is 0 Å². The summed E-state index contributed by atoms with van der Waals surface area (Å²) < 4.78 is 1.87. The fourth-order valence-corrected chi connectivity index (χ4v) is 4.03. The van der Waals surface area contributed by atoms with Crippen molar-refractivity contribution in [3.05, 3.63) is 70.0 Å². The van der Waals surface area contributed by atoms with E-state index in [0.717, 1.165) is 0 Å². The predicted octanol–water partition coefficient (Wildman–Crippen LogP) is 4.83. The molecule has 1 aromatic heterocycles. The molecular formula is C21H21Cl2N5O2S. The molecule has 0 saturated heterocycles. The van der Waals surface area contributed by atoms with Gasteiger partial charge in [0.25, 0.3) is 5.91 Å². The number of benzene rings is 2. The van der Waals surface area contributed by atoms with Gasteiger partial charge in [0.15, 0.2) is 11.0 Å². The first-order chi connectivity index (χ1) is 14.9. The summed E-state index contributed by atoms with van der Waals surface area (Å²) >= 11 is 13.2. The lowest BCUT2D eigenvalue weighted by Gasteiger charge is -2.15. The molecule has 0 radical (unpaired) electrons. The summed E-state index contributed by atoms with van der Waals surface area (Å²) in [5.74, 6) is 0.310. The van der Waals surface area contributed by atoms with Crippen LogP contribution in [-0.2, 0) is 11.3 Å². The van der Waals surface area contributed by atoms with Gasteiger partial charge in [0.1, 0.15) is 0 Å². The van der Waals surface area contributed by atoms with E-state index < -0.39 is 6.04 Å². The van der Waals surface area contributed by atoms with Crippen molar-refractivity contribution in [2.45, 2.75) is 31.6 Å². The van der Waals surface area contributed by atoms with E-state index in [9.17, 15) is 9.59 Å². The van der Waals surface area contributed by atoms with Gasteiger partial charge < -0.3 is 15.2 Å². The molecule has 7 nitrogen and oxygen atoms in total. The van der Waals surface area contributed by atoms with Gasteiger partial charge in [-0.2, -0.15) is 0 Å². The Balaban J connectivity index is 1.63. The zero-order valence-corrected chi connectivity index (χ0v) is 19.3. The van der Waals surface area contributed by atoms with Crippen molar-refractivity contribution in [2.24, 2.45) is 0 Å². The van der Waals surface area contributed by atoms with Crippen LogP contribution in [0.3, 0.4) is 0 Å². The van der Waals surface area contributed by atoms with Gasteiger partial charge in [-0.15, -0.1) is 10.2 Å². The number of hydrogen-bond donors (Lipinski definition) is 2. The summed E-state index contributed by atoms with van der Waals surface area (Å²) in [6.45, 7) is 4.37. The first-order valence-corrected chi connectivity index (χ1v) is 11.3. The summed E-state index contributed by atoms with van der Waals surface area (Å²) in [6, 6.07) is 13.3. The van der Waals surface area contributed by atoms with Crippen molar-refractivity contribution >= 4 is 52.5 Å². The molecule has 0 aliphatic carbocycles. The number of rotatable bonds is 8. The molecule has 2 amide bonds. The van der Waals surface area contributed by atoms with Crippen LogP contribution in [0.4, 0.5) is 5.69 Å². The van der Waals surface area contributed by atoms with Crippen LogP contribution in [0.5, 0.6) is 0 Å². The summed E-state index contributed by atoms with van der Waals surface area (Å²) in [5, 5.41) is 15.7. The van der Waals surface area contributed by atoms with E-state index in [1.807, 2.05) is 18.4 Å².